The molecule has 1 aliphatic rings. The molecule has 1 aromatic carbocycles. The molecular formula is C13H14F4N2O4S. The number of amides is 2. The third-order valence-corrected chi connectivity index (χ3v) is 5.91. The van der Waals surface area contributed by atoms with E-state index >= 15 is 0 Å². The van der Waals surface area contributed by atoms with Crippen molar-refractivity contribution in [3.63, 3.8) is 0 Å². The minimum atomic E-state index is -5.19. The highest BCUT2D eigenvalue weighted by Gasteiger charge is 2.68. The van der Waals surface area contributed by atoms with E-state index in [-0.39, 0.29) is 0 Å². The lowest BCUT2D eigenvalue weighted by atomic mass is 9.99. The first-order chi connectivity index (χ1) is 10.9. The number of alkyl halides is 4. The van der Waals surface area contributed by atoms with Crippen LogP contribution in [0.5, 0.6) is 0 Å². The molecule has 2 rings (SSSR count). The number of nitrogens with one attached hydrogen (secondary N) is 2. The Morgan fingerprint density at radius 3 is 2.33 bits per heavy atom. The highest BCUT2D eigenvalue weighted by atomic mass is 32.2. The molecule has 11 heteroatoms. The molecule has 1 saturated heterocycles. The molecule has 0 bridgehead atoms. The smallest absolute Gasteiger partial charge is 0.355 e. The number of carbonyl (C=O) groups excluding carboxylic acids is 1. The molecule has 3 N–H and O–H groups in total. The lowest BCUT2D eigenvalue weighted by Gasteiger charge is -2.43. The topological polar surface area (TPSA) is 95.5 Å². The number of halogens is 4. The Kier molecular flexibility index (Phi) is 4.53. The molecule has 1 fully saturated rings. The van der Waals surface area contributed by atoms with Crippen molar-refractivity contribution in [2.45, 2.75) is 35.1 Å². The predicted molar refractivity (Wildman–Crippen MR) is 74.6 cm³/mol. The van der Waals surface area contributed by atoms with E-state index in [9.17, 15) is 35.9 Å². The van der Waals surface area contributed by atoms with Crippen LogP contribution in [0.2, 0.25) is 0 Å². The summed E-state index contributed by atoms with van der Waals surface area (Å²) < 4.78 is 78.2. The highest BCUT2D eigenvalue weighted by molar-refractivity contribution is 7.92. The van der Waals surface area contributed by atoms with Crippen LogP contribution in [0, 0.1) is 6.92 Å². The zero-order chi connectivity index (χ0) is 18.3. The van der Waals surface area contributed by atoms with Gasteiger partial charge >= 0.3 is 18.4 Å². The number of rotatable bonds is 4. The van der Waals surface area contributed by atoms with Crippen molar-refractivity contribution < 1.29 is 35.9 Å². The lowest BCUT2D eigenvalue weighted by Crippen LogP contribution is -2.77. The standard InChI is InChI=1S/C13H14F4N2O4S/c1-7-2-4-8(5-3-7)24(22,23)9-6-18-11(20)19-13(9,21)12(16,17)10(14)15/h2-5,9-10,21H,6H2,1H3,(H2,18,19,20)/t9-,13+/m1/s1. The van der Waals surface area contributed by atoms with Crippen LogP contribution in [0.25, 0.3) is 0 Å². The van der Waals surface area contributed by atoms with Crippen molar-refractivity contribution in [3.05, 3.63) is 29.8 Å². The van der Waals surface area contributed by atoms with E-state index in [2.05, 4.69) is 0 Å². The first-order valence-electron chi connectivity index (χ1n) is 6.68. The van der Waals surface area contributed by atoms with E-state index in [1.54, 1.807) is 6.92 Å². The zero-order valence-corrected chi connectivity index (χ0v) is 13.1. The van der Waals surface area contributed by atoms with Crippen molar-refractivity contribution in [2.24, 2.45) is 0 Å². The van der Waals surface area contributed by atoms with Gasteiger partial charge in [-0.2, -0.15) is 8.78 Å². The average Bonchev–Trinajstić information content (AvgIpc) is 2.46. The number of urea groups is 1. The molecule has 24 heavy (non-hydrogen) atoms. The van der Waals surface area contributed by atoms with E-state index < -0.39 is 50.6 Å². The van der Waals surface area contributed by atoms with Crippen molar-refractivity contribution >= 4 is 15.9 Å². The van der Waals surface area contributed by atoms with Gasteiger partial charge in [-0.25, -0.2) is 22.0 Å². The van der Waals surface area contributed by atoms with Crippen molar-refractivity contribution in [1.82, 2.24) is 10.6 Å². The van der Waals surface area contributed by atoms with E-state index in [1.165, 1.54) is 17.4 Å². The molecule has 1 heterocycles. The zero-order valence-electron chi connectivity index (χ0n) is 12.3. The molecule has 0 aliphatic carbocycles. The summed E-state index contributed by atoms with van der Waals surface area (Å²) in [5, 5.41) is 10.8. The maximum Gasteiger partial charge on any atom is 0.355 e. The van der Waals surface area contributed by atoms with Crippen LogP contribution in [0.1, 0.15) is 5.56 Å². The van der Waals surface area contributed by atoms with Crippen molar-refractivity contribution in [3.8, 4) is 0 Å². The van der Waals surface area contributed by atoms with Gasteiger partial charge in [-0.05, 0) is 19.1 Å². The third-order valence-electron chi connectivity index (χ3n) is 3.72. The number of hydrogen-bond acceptors (Lipinski definition) is 4. The molecule has 134 valence electrons. The van der Waals surface area contributed by atoms with Gasteiger partial charge in [0, 0.05) is 6.54 Å². The number of hydrogen-bond donors (Lipinski definition) is 3. The molecule has 0 radical (unpaired) electrons. The summed E-state index contributed by atoms with van der Waals surface area (Å²) in [6.45, 7) is 0.695. The minimum Gasteiger partial charge on any atom is -0.365 e. The number of aryl methyl sites for hydroxylation is 1. The molecule has 2 amide bonds. The normalized spacial score (nSPS) is 25.3. The van der Waals surface area contributed by atoms with Gasteiger partial charge in [0.25, 0.3) is 0 Å². The second-order valence-corrected chi connectivity index (χ2v) is 7.50. The van der Waals surface area contributed by atoms with Crippen LogP contribution in [0.4, 0.5) is 22.4 Å². The molecule has 1 aromatic rings. The van der Waals surface area contributed by atoms with Crippen LogP contribution < -0.4 is 10.6 Å². The Bertz CT molecular complexity index is 739. The van der Waals surface area contributed by atoms with Crippen LogP contribution >= 0.6 is 0 Å². The fourth-order valence-corrected chi connectivity index (χ4v) is 4.13. The fraction of sp³-hybridized carbons (Fsp3) is 0.462. The third kappa shape index (κ3) is 2.81. The van der Waals surface area contributed by atoms with Gasteiger partial charge in [-0.1, -0.05) is 17.7 Å². The summed E-state index contributed by atoms with van der Waals surface area (Å²) in [5.74, 6) is -5.19. The van der Waals surface area contributed by atoms with Gasteiger partial charge in [0.05, 0.1) is 4.90 Å². The van der Waals surface area contributed by atoms with Gasteiger partial charge in [0.15, 0.2) is 9.84 Å². The summed E-state index contributed by atoms with van der Waals surface area (Å²) in [5.41, 5.74) is -3.29. The molecule has 2 atom stereocenters. The summed E-state index contributed by atoms with van der Waals surface area (Å²) >= 11 is 0. The van der Waals surface area contributed by atoms with E-state index in [1.807, 2.05) is 5.32 Å². The SMILES string of the molecule is Cc1ccc(S(=O)(=O)[C@@H]2CNC(=O)N[C@@]2(O)C(F)(F)C(F)F)cc1. The Balaban J connectivity index is 2.56. The van der Waals surface area contributed by atoms with Crippen LogP contribution in [-0.4, -0.2) is 49.4 Å². The number of aliphatic hydroxyl groups is 1. The Hall–Kier alpha value is -1.88. The van der Waals surface area contributed by atoms with Crippen molar-refractivity contribution in [2.75, 3.05) is 6.54 Å². The van der Waals surface area contributed by atoms with Crippen LogP contribution in [0.15, 0.2) is 29.2 Å². The van der Waals surface area contributed by atoms with Gasteiger partial charge in [-0.3, -0.25) is 0 Å². The maximum absolute atomic E-state index is 13.8. The van der Waals surface area contributed by atoms with Crippen molar-refractivity contribution in [1.29, 1.82) is 0 Å². The first-order valence-corrected chi connectivity index (χ1v) is 8.22. The molecule has 0 spiro atoms. The lowest BCUT2D eigenvalue weighted by molar-refractivity contribution is -0.252. The monoisotopic (exact) mass is 370 g/mol. The highest BCUT2D eigenvalue weighted by Crippen LogP contribution is 2.40. The first kappa shape index (κ1) is 18.5. The van der Waals surface area contributed by atoms with Gasteiger partial charge in [0.2, 0.25) is 5.72 Å². The Morgan fingerprint density at radius 1 is 1.29 bits per heavy atom. The minimum absolute atomic E-state index is 0.445. The predicted octanol–water partition coefficient (Wildman–Crippen LogP) is 1.04. The molecule has 0 saturated carbocycles. The average molecular weight is 370 g/mol. The van der Waals surface area contributed by atoms with E-state index in [0.717, 1.165) is 12.1 Å². The fourth-order valence-electron chi connectivity index (χ4n) is 2.32. The second kappa shape index (κ2) is 5.88. The van der Waals surface area contributed by atoms with Gasteiger partial charge in [0.1, 0.15) is 5.25 Å². The molecule has 0 aromatic heterocycles. The maximum atomic E-state index is 13.8. The number of carbonyl (C=O) groups is 1. The molecule has 6 nitrogen and oxygen atoms in total. The second-order valence-electron chi connectivity index (χ2n) is 5.37. The summed E-state index contributed by atoms with van der Waals surface area (Å²) in [7, 11) is -4.67. The summed E-state index contributed by atoms with van der Waals surface area (Å²) in [6.07, 6.45) is -4.39. The van der Waals surface area contributed by atoms with E-state index in [0.29, 0.717) is 5.56 Å². The van der Waals surface area contributed by atoms with Gasteiger partial charge in [-0.15, -0.1) is 0 Å². The van der Waals surface area contributed by atoms with Gasteiger partial charge < -0.3 is 15.7 Å². The summed E-state index contributed by atoms with van der Waals surface area (Å²) in [6, 6.07) is 3.58. The van der Waals surface area contributed by atoms with Crippen LogP contribution in [-0.2, 0) is 9.84 Å². The largest absolute Gasteiger partial charge is 0.365 e. The number of benzene rings is 1. The molecular weight excluding hydrogens is 356 g/mol. The number of sulfone groups is 1. The molecule has 1 aliphatic heterocycles. The molecule has 0 unspecified atom stereocenters. The van der Waals surface area contributed by atoms with Crippen LogP contribution in [0.3, 0.4) is 0 Å². The van der Waals surface area contributed by atoms with E-state index in [4.69, 9.17) is 0 Å². The quantitative estimate of drug-likeness (QED) is 0.690. The summed E-state index contributed by atoms with van der Waals surface area (Å²) in [4.78, 5) is 10.8. The Morgan fingerprint density at radius 2 is 1.83 bits per heavy atom. The Labute approximate surface area is 134 Å².